The lowest BCUT2D eigenvalue weighted by Gasteiger charge is -2.03. The second kappa shape index (κ2) is 7.46. The van der Waals surface area contributed by atoms with Crippen LogP contribution in [0.15, 0.2) is 58.0 Å². The van der Waals surface area contributed by atoms with Crippen molar-refractivity contribution in [3.8, 4) is 0 Å². The monoisotopic (exact) mass is 356 g/mol. The van der Waals surface area contributed by atoms with Gasteiger partial charge < -0.3 is 5.73 Å². The van der Waals surface area contributed by atoms with Gasteiger partial charge in [-0.25, -0.2) is 10.4 Å². The number of nitrogens with one attached hydrogen (secondary N) is 1. The number of thiazole rings is 1. The zero-order valence-electron chi connectivity index (χ0n) is 13.0. The van der Waals surface area contributed by atoms with Crippen LogP contribution in [-0.4, -0.2) is 22.4 Å². The van der Waals surface area contributed by atoms with Gasteiger partial charge in [-0.2, -0.15) is 5.10 Å². The zero-order valence-corrected chi connectivity index (χ0v) is 14.7. The number of nitrogens with two attached hydrogens (primary N) is 1. The van der Waals surface area contributed by atoms with E-state index in [1.54, 1.807) is 23.5 Å². The fourth-order valence-electron chi connectivity index (χ4n) is 2.01. The minimum Gasteiger partial charge on any atom is -0.399 e. The van der Waals surface area contributed by atoms with Crippen molar-refractivity contribution in [3.05, 3.63) is 54.1 Å². The number of hydrogen-bond donors (Lipinski definition) is 2. The molecule has 1 amide bonds. The summed E-state index contributed by atoms with van der Waals surface area (Å²) in [5, 5.41) is 4.12. The molecule has 0 aliphatic carbocycles. The van der Waals surface area contributed by atoms with Crippen LogP contribution in [0, 0.1) is 0 Å². The van der Waals surface area contributed by atoms with Gasteiger partial charge in [0.15, 0.2) is 4.34 Å². The van der Waals surface area contributed by atoms with Gasteiger partial charge in [-0.1, -0.05) is 36.0 Å². The molecule has 0 aliphatic rings. The highest BCUT2D eigenvalue weighted by atomic mass is 32.2. The third kappa shape index (κ3) is 4.12. The molecule has 122 valence electrons. The molecule has 1 heterocycles. The number of nitrogen functional groups attached to an aromatic ring is 1. The SMILES string of the molecule is C/C(=N/NC(=O)CSc1nc2ccccc2s1)c1ccc(N)cc1. The molecule has 3 N–H and O–H groups in total. The van der Waals surface area contributed by atoms with E-state index in [9.17, 15) is 4.79 Å². The average molecular weight is 356 g/mol. The van der Waals surface area contributed by atoms with Gasteiger partial charge in [0.2, 0.25) is 0 Å². The van der Waals surface area contributed by atoms with Crippen LogP contribution >= 0.6 is 23.1 Å². The molecular weight excluding hydrogens is 340 g/mol. The van der Waals surface area contributed by atoms with Gasteiger partial charge in [0.25, 0.3) is 5.91 Å². The smallest absolute Gasteiger partial charge is 0.250 e. The normalized spacial score (nSPS) is 11.6. The van der Waals surface area contributed by atoms with Crippen LogP contribution in [0.5, 0.6) is 0 Å². The van der Waals surface area contributed by atoms with E-state index in [-0.39, 0.29) is 11.7 Å². The maximum atomic E-state index is 11.9. The molecule has 0 bridgehead atoms. The first kappa shape index (κ1) is 16.5. The number of hydrazone groups is 1. The molecule has 2 aromatic carbocycles. The average Bonchev–Trinajstić information content (AvgIpc) is 3.01. The molecule has 0 saturated heterocycles. The molecule has 0 radical (unpaired) electrons. The third-order valence-electron chi connectivity index (χ3n) is 3.28. The molecule has 1 aromatic heterocycles. The number of carbonyl (C=O) groups is 1. The van der Waals surface area contributed by atoms with Crippen molar-refractivity contribution in [2.75, 3.05) is 11.5 Å². The van der Waals surface area contributed by atoms with E-state index in [0.717, 1.165) is 25.8 Å². The number of benzene rings is 2. The highest BCUT2D eigenvalue weighted by Crippen LogP contribution is 2.28. The second-order valence-corrected chi connectivity index (χ2v) is 7.34. The van der Waals surface area contributed by atoms with Gasteiger partial charge in [0, 0.05) is 5.69 Å². The summed E-state index contributed by atoms with van der Waals surface area (Å²) in [6.07, 6.45) is 0. The van der Waals surface area contributed by atoms with Gasteiger partial charge in [-0.05, 0) is 36.8 Å². The number of aromatic nitrogens is 1. The number of nitrogens with zero attached hydrogens (tertiary/aromatic N) is 2. The molecule has 0 fully saturated rings. The number of rotatable bonds is 5. The molecule has 24 heavy (non-hydrogen) atoms. The van der Waals surface area contributed by atoms with Crippen molar-refractivity contribution in [2.24, 2.45) is 5.10 Å². The highest BCUT2D eigenvalue weighted by molar-refractivity contribution is 8.01. The van der Waals surface area contributed by atoms with Crippen LogP contribution in [0.3, 0.4) is 0 Å². The van der Waals surface area contributed by atoms with E-state index >= 15 is 0 Å². The van der Waals surface area contributed by atoms with Crippen LogP contribution in [0.1, 0.15) is 12.5 Å². The summed E-state index contributed by atoms with van der Waals surface area (Å²) in [4.78, 5) is 16.4. The number of carbonyl (C=O) groups excluding carboxylic acids is 1. The van der Waals surface area contributed by atoms with E-state index < -0.39 is 0 Å². The van der Waals surface area contributed by atoms with Gasteiger partial charge >= 0.3 is 0 Å². The van der Waals surface area contributed by atoms with Gasteiger partial charge in [0.05, 0.1) is 21.7 Å². The number of para-hydroxylation sites is 1. The Morgan fingerprint density at radius 3 is 2.75 bits per heavy atom. The molecular formula is C17H16N4OS2. The maximum absolute atomic E-state index is 11.9. The Kier molecular flexibility index (Phi) is 5.12. The van der Waals surface area contributed by atoms with Crippen molar-refractivity contribution in [1.82, 2.24) is 10.4 Å². The fourth-order valence-corrected chi connectivity index (χ4v) is 3.87. The van der Waals surface area contributed by atoms with Crippen LogP contribution < -0.4 is 11.2 Å². The summed E-state index contributed by atoms with van der Waals surface area (Å²) in [5.41, 5.74) is 11.5. The lowest BCUT2D eigenvalue weighted by Crippen LogP contribution is -2.21. The van der Waals surface area contributed by atoms with E-state index in [2.05, 4.69) is 15.5 Å². The Bertz CT molecular complexity index is 854. The number of thioether (sulfide) groups is 1. The lowest BCUT2D eigenvalue weighted by atomic mass is 10.1. The standard InChI is InChI=1S/C17H16N4OS2/c1-11(12-6-8-13(18)9-7-12)20-21-16(22)10-23-17-19-14-4-2-3-5-15(14)24-17/h2-9H,10,18H2,1H3,(H,21,22)/b20-11-. The first-order chi connectivity index (χ1) is 11.6. The maximum Gasteiger partial charge on any atom is 0.250 e. The minimum absolute atomic E-state index is 0.158. The minimum atomic E-state index is -0.158. The lowest BCUT2D eigenvalue weighted by molar-refractivity contribution is -0.118. The fraction of sp³-hybridized carbons (Fsp3) is 0.118. The molecule has 0 saturated carbocycles. The number of amides is 1. The van der Waals surface area contributed by atoms with E-state index in [1.807, 2.05) is 43.3 Å². The summed E-state index contributed by atoms with van der Waals surface area (Å²) < 4.78 is 2.00. The molecule has 0 spiro atoms. The Morgan fingerprint density at radius 1 is 1.25 bits per heavy atom. The van der Waals surface area contributed by atoms with Crippen molar-refractivity contribution < 1.29 is 4.79 Å². The van der Waals surface area contributed by atoms with Crippen LogP contribution in [0.2, 0.25) is 0 Å². The Labute approximate surface area is 148 Å². The first-order valence-corrected chi connectivity index (χ1v) is 9.09. The van der Waals surface area contributed by atoms with E-state index in [1.165, 1.54) is 11.8 Å². The Morgan fingerprint density at radius 2 is 2.00 bits per heavy atom. The van der Waals surface area contributed by atoms with Gasteiger partial charge in [-0.3, -0.25) is 4.79 Å². The van der Waals surface area contributed by atoms with E-state index in [4.69, 9.17) is 5.73 Å². The first-order valence-electron chi connectivity index (χ1n) is 7.29. The summed E-state index contributed by atoms with van der Waals surface area (Å²) in [7, 11) is 0. The number of anilines is 1. The summed E-state index contributed by atoms with van der Waals surface area (Å²) in [5.74, 6) is 0.118. The predicted molar refractivity (Wildman–Crippen MR) is 102 cm³/mol. The Balaban J connectivity index is 1.55. The molecule has 0 unspecified atom stereocenters. The summed E-state index contributed by atoms with van der Waals surface area (Å²) >= 11 is 3.00. The van der Waals surface area contributed by atoms with Crippen molar-refractivity contribution in [3.63, 3.8) is 0 Å². The molecule has 7 heteroatoms. The molecule has 5 nitrogen and oxygen atoms in total. The van der Waals surface area contributed by atoms with Crippen LogP contribution in [-0.2, 0) is 4.79 Å². The Hall–Kier alpha value is -2.38. The third-order valence-corrected chi connectivity index (χ3v) is 5.46. The topological polar surface area (TPSA) is 80.4 Å². The van der Waals surface area contributed by atoms with Crippen molar-refractivity contribution >= 4 is 50.6 Å². The molecule has 0 atom stereocenters. The molecule has 0 aliphatic heterocycles. The zero-order chi connectivity index (χ0) is 16.9. The van der Waals surface area contributed by atoms with Crippen molar-refractivity contribution in [1.29, 1.82) is 0 Å². The number of fused-ring (bicyclic) bond motifs is 1. The van der Waals surface area contributed by atoms with Gasteiger partial charge in [-0.15, -0.1) is 11.3 Å². The predicted octanol–water partition coefficient (Wildman–Crippen LogP) is 3.51. The largest absolute Gasteiger partial charge is 0.399 e. The second-order valence-electron chi connectivity index (χ2n) is 5.09. The number of hydrogen-bond acceptors (Lipinski definition) is 6. The van der Waals surface area contributed by atoms with Crippen LogP contribution in [0.4, 0.5) is 5.69 Å². The highest BCUT2D eigenvalue weighted by Gasteiger charge is 2.07. The summed E-state index contributed by atoms with van der Waals surface area (Å²) in [6, 6.07) is 15.3. The van der Waals surface area contributed by atoms with Crippen LogP contribution in [0.25, 0.3) is 10.2 Å². The van der Waals surface area contributed by atoms with Crippen molar-refractivity contribution in [2.45, 2.75) is 11.3 Å². The summed E-state index contributed by atoms with van der Waals surface area (Å²) in [6.45, 7) is 1.84. The van der Waals surface area contributed by atoms with Gasteiger partial charge in [0.1, 0.15) is 0 Å². The van der Waals surface area contributed by atoms with E-state index in [0.29, 0.717) is 5.69 Å². The quantitative estimate of drug-likeness (QED) is 0.317. The molecule has 3 rings (SSSR count). The molecule has 3 aromatic rings.